The zero-order valence-electron chi connectivity index (χ0n) is 14.3. The lowest BCUT2D eigenvalue weighted by molar-refractivity contribution is 0.0526. The lowest BCUT2D eigenvalue weighted by atomic mass is 10.1. The molecule has 0 unspecified atom stereocenters. The Labute approximate surface area is 144 Å². The second-order valence-electron chi connectivity index (χ2n) is 6.55. The van der Waals surface area contributed by atoms with Gasteiger partial charge < -0.3 is 10.0 Å². The van der Waals surface area contributed by atoms with Crippen LogP contribution in [0.15, 0.2) is 48.8 Å². The lowest BCUT2D eigenvalue weighted by Crippen LogP contribution is -2.53. The van der Waals surface area contributed by atoms with E-state index >= 15 is 0 Å². The van der Waals surface area contributed by atoms with Crippen molar-refractivity contribution >= 4 is 0 Å². The molecule has 1 saturated heterocycles. The maximum atomic E-state index is 9.43. The minimum absolute atomic E-state index is 0.261. The number of piperazine rings is 1. The average molecular weight is 328 g/mol. The molecular formula is C19H28N4O. The van der Waals surface area contributed by atoms with Crippen molar-refractivity contribution in [2.24, 2.45) is 0 Å². The molecule has 1 aliphatic rings. The summed E-state index contributed by atoms with van der Waals surface area (Å²) in [5, 5.41) is 13.7. The Kier molecular flexibility index (Phi) is 6.41. The third kappa shape index (κ3) is 4.90. The molecule has 5 nitrogen and oxygen atoms in total. The fourth-order valence-corrected chi connectivity index (χ4v) is 3.50. The Balaban J connectivity index is 1.49. The van der Waals surface area contributed by atoms with Crippen LogP contribution in [-0.4, -0.2) is 63.5 Å². The summed E-state index contributed by atoms with van der Waals surface area (Å²) in [6, 6.07) is 13.0. The van der Waals surface area contributed by atoms with Gasteiger partial charge in [-0.05, 0) is 24.5 Å². The molecule has 0 bridgehead atoms. The molecule has 24 heavy (non-hydrogen) atoms. The second kappa shape index (κ2) is 8.97. The summed E-state index contributed by atoms with van der Waals surface area (Å²) >= 11 is 0. The molecule has 1 aromatic carbocycles. The molecule has 1 fully saturated rings. The predicted molar refractivity (Wildman–Crippen MR) is 95.6 cm³/mol. The largest absolute Gasteiger partial charge is 0.396 e. The maximum Gasteiger partial charge on any atom is 0.0489 e. The summed E-state index contributed by atoms with van der Waals surface area (Å²) in [5.41, 5.74) is 1.35. The van der Waals surface area contributed by atoms with Crippen LogP contribution in [0.1, 0.15) is 18.4 Å². The van der Waals surface area contributed by atoms with Gasteiger partial charge in [-0.2, -0.15) is 5.10 Å². The van der Waals surface area contributed by atoms with Crippen molar-refractivity contribution in [3.8, 4) is 0 Å². The molecule has 5 heteroatoms. The van der Waals surface area contributed by atoms with E-state index in [0.29, 0.717) is 6.04 Å². The highest BCUT2D eigenvalue weighted by molar-refractivity contribution is 5.14. The van der Waals surface area contributed by atoms with Crippen molar-refractivity contribution < 1.29 is 5.11 Å². The number of hydrogen-bond donors (Lipinski definition) is 1. The third-order valence-electron chi connectivity index (χ3n) is 4.80. The Morgan fingerprint density at radius 3 is 2.71 bits per heavy atom. The Hall–Kier alpha value is -1.69. The van der Waals surface area contributed by atoms with Crippen LogP contribution in [0.25, 0.3) is 0 Å². The van der Waals surface area contributed by atoms with Crippen molar-refractivity contribution in [2.75, 3.05) is 32.8 Å². The molecule has 1 aromatic heterocycles. The fourth-order valence-electron chi connectivity index (χ4n) is 3.50. The van der Waals surface area contributed by atoms with Gasteiger partial charge in [0.15, 0.2) is 0 Å². The van der Waals surface area contributed by atoms with E-state index in [-0.39, 0.29) is 6.61 Å². The standard InChI is InChI=1S/C19H28N4O/c24-15-8-19-17-21(10-5-12-23-11-4-9-20-23)13-14-22(19)16-18-6-2-1-3-7-18/h1-4,6-7,9,11,19,24H,5,8,10,12-17H2/t19-/m1/s1. The van der Waals surface area contributed by atoms with Gasteiger partial charge in [0.05, 0.1) is 0 Å². The normalized spacial score (nSPS) is 19.6. The quantitative estimate of drug-likeness (QED) is 0.803. The molecule has 0 radical (unpaired) electrons. The molecular weight excluding hydrogens is 300 g/mol. The first kappa shape index (κ1) is 17.1. The van der Waals surface area contributed by atoms with E-state index in [0.717, 1.165) is 52.1 Å². The number of aliphatic hydroxyl groups is 1. The average Bonchev–Trinajstić information content (AvgIpc) is 3.12. The van der Waals surface area contributed by atoms with Crippen LogP contribution in [0.3, 0.4) is 0 Å². The summed E-state index contributed by atoms with van der Waals surface area (Å²) in [7, 11) is 0. The van der Waals surface area contributed by atoms with E-state index in [2.05, 4.69) is 45.2 Å². The summed E-state index contributed by atoms with van der Waals surface area (Å²) in [4.78, 5) is 5.06. The highest BCUT2D eigenvalue weighted by Gasteiger charge is 2.26. The topological polar surface area (TPSA) is 44.5 Å². The Bertz CT molecular complexity index is 572. The fraction of sp³-hybridized carbons (Fsp3) is 0.526. The van der Waals surface area contributed by atoms with Gasteiger partial charge in [-0.3, -0.25) is 9.58 Å². The zero-order chi connectivity index (χ0) is 16.6. The Morgan fingerprint density at radius 1 is 1.08 bits per heavy atom. The molecule has 0 aliphatic carbocycles. The number of aliphatic hydroxyl groups excluding tert-OH is 1. The molecule has 1 N–H and O–H groups in total. The number of aromatic nitrogens is 2. The van der Waals surface area contributed by atoms with Crippen LogP contribution in [0.5, 0.6) is 0 Å². The number of nitrogens with zero attached hydrogens (tertiary/aromatic N) is 4. The van der Waals surface area contributed by atoms with Crippen molar-refractivity contribution in [3.63, 3.8) is 0 Å². The van der Waals surface area contributed by atoms with E-state index in [1.54, 1.807) is 0 Å². The van der Waals surface area contributed by atoms with E-state index in [9.17, 15) is 5.11 Å². The van der Waals surface area contributed by atoms with Crippen LogP contribution in [0, 0.1) is 0 Å². The molecule has 2 heterocycles. The highest BCUT2D eigenvalue weighted by Crippen LogP contribution is 2.16. The van der Waals surface area contributed by atoms with E-state index in [1.165, 1.54) is 5.56 Å². The second-order valence-corrected chi connectivity index (χ2v) is 6.55. The van der Waals surface area contributed by atoms with Gasteiger partial charge in [-0.15, -0.1) is 0 Å². The SMILES string of the molecule is OCC[C@@H]1CN(CCCn2cccn2)CCN1Cc1ccccc1. The van der Waals surface area contributed by atoms with Gasteiger partial charge in [0.1, 0.15) is 0 Å². The number of hydrogen-bond acceptors (Lipinski definition) is 4. The molecule has 0 saturated carbocycles. The van der Waals surface area contributed by atoms with Gasteiger partial charge in [-0.1, -0.05) is 30.3 Å². The highest BCUT2D eigenvalue weighted by atomic mass is 16.3. The summed E-state index contributed by atoms with van der Waals surface area (Å²) in [5.74, 6) is 0. The summed E-state index contributed by atoms with van der Waals surface area (Å²) < 4.78 is 2.00. The lowest BCUT2D eigenvalue weighted by Gasteiger charge is -2.41. The molecule has 130 valence electrons. The van der Waals surface area contributed by atoms with Crippen molar-refractivity contribution in [1.82, 2.24) is 19.6 Å². The van der Waals surface area contributed by atoms with Crippen LogP contribution < -0.4 is 0 Å². The number of aryl methyl sites for hydroxylation is 1. The summed E-state index contributed by atoms with van der Waals surface area (Å²) in [6.07, 6.45) is 5.82. The van der Waals surface area contributed by atoms with Crippen LogP contribution in [0.4, 0.5) is 0 Å². The van der Waals surface area contributed by atoms with E-state index in [4.69, 9.17) is 0 Å². The number of rotatable bonds is 8. The Morgan fingerprint density at radius 2 is 1.96 bits per heavy atom. The van der Waals surface area contributed by atoms with Crippen LogP contribution >= 0.6 is 0 Å². The third-order valence-corrected chi connectivity index (χ3v) is 4.80. The van der Waals surface area contributed by atoms with Crippen LogP contribution in [0.2, 0.25) is 0 Å². The van der Waals surface area contributed by atoms with Crippen LogP contribution in [-0.2, 0) is 13.1 Å². The molecule has 0 amide bonds. The van der Waals surface area contributed by atoms with Gasteiger partial charge in [0.25, 0.3) is 0 Å². The maximum absolute atomic E-state index is 9.43. The van der Waals surface area contributed by atoms with E-state index in [1.807, 2.05) is 23.1 Å². The van der Waals surface area contributed by atoms with Crippen molar-refractivity contribution in [2.45, 2.75) is 32.0 Å². The van der Waals surface area contributed by atoms with Crippen molar-refractivity contribution in [3.05, 3.63) is 54.4 Å². The smallest absolute Gasteiger partial charge is 0.0489 e. The summed E-state index contributed by atoms with van der Waals surface area (Å²) in [6.45, 7) is 6.54. The monoisotopic (exact) mass is 328 g/mol. The zero-order valence-corrected chi connectivity index (χ0v) is 14.3. The van der Waals surface area contributed by atoms with Gasteiger partial charge >= 0.3 is 0 Å². The molecule has 1 aliphatic heterocycles. The minimum atomic E-state index is 0.261. The molecule has 2 aromatic rings. The minimum Gasteiger partial charge on any atom is -0.396 e. The van der Waals surface area contributed by atoms with Gasteiger partial charge in [0.2, 0.25) is 0 Å². The van der Waals surface area contributed by atoms with E-state index < -0.39 is 0 Å². The molecule has 3 rings (SSSR count). The van der Waals surface area contributed by atoms with Gasteiger partial charge in [0, 0.05) is 64.3 Å². The first-order chi connectivity index (χ1) is 11.8. The predicted octanol–water partition coefficient (Wildman–Crippen LogP) is 1.84. The molecule has 1 atom stereocenters. The van der Waals surface area contributed by atoms with Gasteiger partial charge in [-0.25, -0.2) is 0 Å². The number of benzene rings is 1. The first-order valence-electron chi connectivity index (χ1n) is 8.94. The first-order valence-corrected chi connectivity index (χ1v) is 8.94. The molecule has 0 spiro atoms. The van der Waals surface area contributed by atoms with Crippen molar-refractivity contribution in [1.29, 1.82) is 0 Å².